The topological polar surface area (TPSA) is 56.0 Å². The minimum absolute atomic E-state index is 0.103. The highest BCUT2D eigenvalue weighted by atomic mass is 19.1. The number of aryl methyl sites for hydroxylation is 1. The number of fused-ring (bicyclic) bond motifs is 1. The Morgan fingerprint density at radius 3 is 2.41 bits per heavy atom. The number of pyridine rings is 1. The van der Waals surface area contributed by atoms with E-state index >= 15 is 0 Å². The van der Waals surface area contributed by atoms with Gasteiger partial charge in [-0.3, -0.25) is 9.59 Å². The molecule has 0 radical (unpaired) electrons. The van der Waals surface area contributed by atoms with Gasteiger partial charge < -0.3 is 14.5 Å². The molecule has 2 aromatic carbocycles. The highest BCUT2D eigenvalue weighted by Gasteiger charge is 2.12. The molecule has 1 amide bonds. The highest BCUT2D eigenvalue weighted by Crippen LogP contribution is 2.16. The van der Waals surface area contributed by atoms with E-state index in [4.69, 9.17) is 0 Å². The number of rotatable bonds is 5. The molecule has 0 aliphatic carbocycles. The van der Waals surface area contributed by atoms with Crippen molar-refractivity contribution in [2.45, 2.75) is 20.0 Å². The molecule has 0 aliphatic heterocycles. The van der Waals surface area contributed by atoms with E-state index in [9.17, 15) is 14.0 Å². The molecule has 146 valence electrons. The predicted octanol–water partition coefficient (Wildman–Crippen LogP) is 3.94. The molecular weight excluding hydrogens is 369 g/mol. The molecule has 6 heteroatoms. The van der Waals surface area contributed by atoms with Crippen molar-refractivity contribution in [1.29, 1.82) is 0 Å². The van der Waals surface area contributed by atoms with Crippen LogP contribution in [-0.2, 0) is 17.9 Å². The summed E-state index contributed by atoms with van der Waals surface area (Å²) in [7, 11) is 0. The van der Waals surface area contributed by atoms with Crippen LogP contribution in [0.5, 0.6) is 0 Å². The van der Waals surface area contributed by atoms with E-state index in [1.54, 1.807) is 41.2 Å². The van der Waals surface area contributed by atoms with Crippen LogP contribution in [-0.4, -0.2) is 15.0 Å². The molecule has 0 unspecified atom stereocenters. The van der Waals surface area contributed by atoms with Crippen LogP contribution >= 0.6 is 0 Å². The van der Waals surface area contributed by atoms with Gasteiger partial charge in [0, 0.05) is 29.0 Å². The SMILES string of the molecule is Cc1ccccc1NC(=O)Cn1ccc2ccn(Cc3ccccc3F)c2c1=O. The largest absolute Gasteiger partial charge is 0.338 e. The molecule has 0 atom stereocenters. The minimum Gasteiger partial charge on any atom is -0.338 e. The molecule has 4 aromatic rings. The highest BCUT2D eigenvalue weighted by molar-refractivity contribution is 5.91. The molecule has 29 heavy (non-hydrogen) atoms. The van der Waals surface area contributed by atoms with Crippen molar-refractivity contribution in [3.8, 4) is 0 Å². The third kappa shape index (κ3) is 3.82. The van der Waals surface area contributed by atoms with Gasteiger partial charge in [0.15, 0.2) is 0 Å². The van der Waals surface area contributed by atoms with Crippen molar-refractivity contribution in [2.24, 2.45) is 0 Å². The van der Waals surface area contributed by atoms with Gasteiger partial charge in [0.2, 0.25) is 5.91 Å². The lowest BCUT2D eigenvalue weighted by Gasteiger charge is -2.11. The van der Waals surface area contributed by atoms with Gasteiger partial charge in [0.25, 0.3) is 5.56 Å². The summed E-state index contributed by atoms with van der Waals surface area (Å²) in [6.07, 6.45) is 3.37. The number of hydrogen-bond acceptors (Lipinski definition) is 2. The summed E-state index contributed by atoms with van der Waals surface area (Å²) in [5.74, 6) is -0.601. The van der Waals surface area contributed by atoms with Crippen LogP contribution in [0.1, 0.15) is 11.1 Å². The van der Waals surface area contributed by atoms with Gasteiger partial charge in [-0.1, -0.05) is 36.4 Å². The van der Waals surface area contributed by atoms with Crippen LogP contribution in [0.25, 0.3) is 10.9 Å². The van der Waals surface area contributed by atoms with E-state index in [0.29, 0.717) is 11.1 Å². The summed E-state index contributed by atoms with van der Waals surface area (Å²) in [5, 5.41) is 3.59. The summed E-state index contributed by atoms with van der Waals surface area (Å²) in [6.45, 7) is 2.04. The molecular formula is C23H20FN3O2. The summed E-state index contributed by atoms with van der Waals surface area (Å²) < 4.78 is 17.1. The van der Waals surface area contributed by atoms with Gasteiger partial charge in [-0.2, -0.15) is 0 Å². The number of halogens is 1. The van der Waals surface area contributed by atoms with Gasteiger partial charge >= 0.3 is 0 Å². The van der Waals surface area contributed by atoms with Crippen molar-refractivity contribution >= 4 is 22.5 Å². The molecule has 2 heterocycles. The monoisotopic (exact) mass is 389 g/mol. The van der Waals surface area contributed by atoms with Gasteiger partial charge in [-0.25, -0.2) is 4.39 Å². The molecule has 0 aliphatic rings. The van der Waals surface area contributed by atoms with E-state index < -0.39 is 0 Å². The zero-order valence-electron chi connectivity index (χ0n) is 15.9. The molecule has 0 saturated heterocycles. The van der Waals surface area contributed by atoms with Crippen LogP contribution in [0.2, 0.25) is 0 Å². The third-order valence-electron chi connectivity index (χ3n) is 4.92. The Kier molecular flexibility index (Phi) is 4.99. The van der Waals surface area contributed by atoms with Crippen LogP contribution in [0.15, 0.2) is 77.9 Å². The molecule has 0 spiro atoms. The zero-order chi connectivity index (χ0) is 20.4. The fourth-order valence-corrected chi connectivity index (χ4v) is 3.37. The number of para-hydroxylation sites is 1. The van der Waals surface area contributed by atoms with Crippen molar-refractivity contribution in [2.75, 3.05) is 5.32 Å². The zero-order valence-corrected chi connectivity index (χ0v) is 15.9. The van der Waals surface area contributed by atoms with Crippen molar-refractivity contribution in [3.63, 3.8) is 0 Å². The first kappa shape index (κ1) is 18.7. The number of hydrogen-bond donors (Lipinski definition) is 1. The van der Waals surface area contributed by atoms with Crippen LogP contribution in [0.4, 0.5) is 10.1 Å². The fourth-order valence-electron chi connectivity index (χ4n) is 3.37. The van der Waals surface area contributed by atoms with E-state index in [1.165, 1.54) is 10.6 Å². The summed E-state index contributed by atoms with van der Waals surface area (Å²) >= 11 is 0. The maximum Gasteiger partial charge on any atom is 0.275 e. The lowest BCUT2D eigenvalue weighted by atomic mass is 10.2. The maximum atomic E-state index is 14.0. The maximum absolute atomic E-state index is 14.0. The second-order valence-corrected chi connectivity index (χ2v) is 6.95. The van der Waals surface area contributed by atoms with Crippen LogP contribution in [0, 0.1) is 12.7 Å². The third-order valence-corrected chi connectivity index (χ3v) is 4.92. The Labute approximate surface area is 167 Å². The summed E-state index contributed by atoms with van der Waals surface area (Å²) in [4.78, 5) is 25.5. The van der Waals surface area contributed by atoms with Crippen molar-refractivity contribution < 1.29 is 9.18 Å². The molecule has 4 rings (SSSR count). The van der Waals surface area contributed by atoms with E-state index in [-0.39, 0.29) is 30.4 Å². The molecule has 1 N–H and O–H groups in total. The summed E-state index contributed by atoms with van der Waals surface area (Å²) in [5.41, 5.74) is 2.32. The van der Waals surface area contributed by atoms with Gasteiger partial charge in [0.1, 0.15) is 17.9 Å². The van der Waals surface area contributed by atoms with E-state index in [1.807, 2.05) is 37.3 Å². The van der Waals surface area contributed by atoms with Crippen molar-refractivity contribution in [1.82, 2.24) is 9.13 Å². The molecule has 0 bridgehead atoms. The minimum atomic E-state index is -0.316. The quantitative estimate of drug-likeness (QED) is 0.562. The molecule has 0 fully saturated rings. The smallest absolute Gasteiger partial charge is 0.275 e. The summed E-state index contributed by atoms with van der Waals surface area (Å²) in [6, 6.07) is 17.6. The van der Waals surface area contributed by atoms with Gasteiger partial charge in [0.05, 0.1) is 6.54 Å². The average molecular weight is 389 g/mol. The Hall–Kier alpha value is -3.67. The number of carbonyl (C=O) groups excluding carboxylic acids is 1. The number of benzene rings is 2. The van der Waals surface area contributed by atoms with E-state index in [2.05, 4.69) is 5.32 Å². The Morgan fingerprint density at radius 2 is 1.66 bits per heavy atom. The Balaban J connectivity index is 1.62. The molecule has 2 aromatic heterocycles. The number of amides is 1. The second-order valence-electron chi connectivity index (χ2n) is 6.95. The molecule has 0 saturated carbocycles. The normalized spacial score (nSPS) is 11.0. The number of nitrogens with zero attached hydrogens (tertiary/aromatic N) is 2. The first-order valence-corrected chi connectivity index (χ1v) is 9.30. The van der Waals surface area contributed by atoms with Crippen LogP contribution < -0.4 is 10.9 Å². The van der Waals surface area contributed by atoms with Crippen molar-refractivity contribution in [3.05, 3.63) is 100 Å². The fraction of sp³-hybridized carbons (Fsp3) is 0.130. The standard InChI is InChI=1S/C23H20FN3O2/c1-16-6-2-5-9-20(16)25-21(28)15-27-13-11-17-10-12-26(22(17)23(27)29)14-18-7-3-4-8-19(18)24/h2-13H,14-15H2,1H3,(H,25,28). The number of nitrogens with one attached hydrogen (secondary N) is 1. The average Bonchev–Trinajstić information content (AvgIpc) is 3.11. The first-order valence-electron chi connectivity index (χ1n) is 9.30. The first-order chi connectivity index (χ1) is 14.0. The van der Waals surface area contributed by atoms with E-state index in [0.717, 1.165) is 16.6 Å². The number of carbonyl (C=O) groups is 1. The number of aromatic nitrogens is 2. The second kappa shape index (κ2) is 7.75. The predicted molar refractivity (Wildman–Crippen MR) is 112 cm³/mol. The Bertz CT molecular complexity index is 1260. The molecule has 5 nitrogen and oxygen atoms in total. The lowest BCUT2D eigenvalue weighted by Crippen LogP contribution is -2.28. The Morgan fingerprint density at radius 1 is 0.966 bits per heavy atom. The van der Waals surface area contributed by atoms with Gasteiger partial charge in [-0.05, 0) is 36.8 Å². The number of anilines is 1. The van der Waals surface area contributed by atoms with Crippen LogP contribution in [0.3, 0.4) is 0 Å². The van der Waals surface area contributed by atoms with Gasteiger partial charge in [-0.15, -0.1) is 0 Å². The lowest BCUT2D eigenvalue weighted by molar-refractivity contribution is -0.116.